The number of carbonyl (C=O) groups is 2. The van der Waals surface area contributed by atoms with Crippen LogP contribution in [0, 0.1) is 5.82 Å². The summed E-state index contributed by atoms with van der Waals surface area (Å²) < 4.78 is 40.2. The number of benzene rings is 2. The minimum Gasteiger partial charge on any atom is -0.350 e. The second-order valence-electron chi connectivity index (χ2n) is 7.37. The Morgan fingerprint density at radius 1 is 1.29 bits per heavy atom. The van der Waals surface area contributed by atoms with E-state index in [2.05, 4.69) is 5.32 Å². The van der Waals surface area contributed by atoms with E-state index in [0.29, 0.717) is 10.6 Å². The zero-order valence-corrected chi connectivity index (χ0v) is 19.2. The van der Waals surface area contributed by atoms with Gasteiger partial charge in [0.05, 0.1) is 34.5 Å². The van der Waals surface area contributed by atoms with Crippen molar-refractivity contribution >= 4 is 51.3 Å². The van der Waals surface area contributed by atoms with Crippen LogP contribution in [-0.4, -0.2) is 38.1 Å². The van der Waals surface area contributed by atoms with Crippen molar-refractivity contribution in [1.29, 1.82) is 0 Å². The maximum Gasteiger partial charge on any atom is 0.254 e. The van der Waals surface area contributed by atoms with E-state index < -0.39 is 39.3 Å². The van der Waals surface area contributed by atoms with Gasteiger partial charge in [0.25, 0.3) is 5.91 Å². The van der Waals surface area contributed by atoms with E-state index in [-0.39, 0.29) is 41.1 Å². The topological polar surface area (TPSA) is 110 Å². The number of sulfone groups is 1. The van der Waals surface area contributed by atoms with Gasteiger partial charge in [0.2, 0.25) is 5.91 Å². The van der Waals surface area contributed by atoms with Gasteiger partial charge in [-0.1, -0.05) is 23.7 Å². The molecule has 1 aliphatic heterocycles. The van der Waals surface area contributed by atoms with Crippen LogP contribution in [-0.2, 0) is 21.2 Å². The average Bonchev–Trinajstić information content (AvgIpc) is 2.71. The highest BCUT2D eigenvalue weighted by Crippen LogP contribution is 2.34. The molecule has 1 atom stereocenters. The molecule has 168 valence electrons. The van der Waals surface area contributed by atoms with Gasteiger partial charge in [-0.15, -0.1) is 12.4 Å². The summed E-state index contributed by atoms with van der Waals surface area (Å²) in [4.78, 5) is 26.1. The second kappa shape index (κ2) is 9.52. The quantitative estimate of drug-likeness (QED) is 0.685. The maximum atomic E-state index is 14.7. The van der Waals surface area contributed by atoms with Crippen LogP contribution in [0.2, 0.25) is 5.02 Å². The first-order chi connectivity index (χ1) is 14.0. The Labute approximate surface area is 191 Å². The molecule has 0 aromatic heterocycles. The number of amides is 2. The standard InChI is InChI=1S/C20H21ClFN3O4S.ClH/c1-11(2)24-19(26)14-7-17-18(8-15(14)22)30(28,29)10-16(23)20(27)25(17)9-12-3-5-13(21)6-4-12;/h3-8,11,16H,9-10,23H2,1-2H3,(H,24,26);1H/t16-;/m0./s1. The van der Waals surface area contributed by atoms with Crippen LogP contribution >= 0.6 is 24.0 Å². The summed E-state index contributed by atoms with van der Waals surface area (Å²) in [5, 5.41) is 3.06. The van der Waals surface area contributed by atoms with Gasteiger partial charge in [-0.3, -0.25) is 9.59 Å². The first-order valence-corrected chi connectivity index (χ1v) is 11.2. The molecule has 1 aliphatic rings. The molecule has 0 radical (unpaired) electrons. The Kier molecular flexibility index (Phi) is 7.70. The Morgan fingerprint density at radius 3 is 2.48 bits per heavy atom. The number of carbonyl (C=O) groups excluding carboxylic acids is 2. The predicted octanol–water partition coefficient (Wildman–Crippen LogP) is 2.69. The summed E-state index contributed by atoms with van der Waals surface area (Å²) >= 11 is 5.90. The van der Waals surface area contributed by atoms with Gasteiger partial charge in [-0.25, -0.2) is 12.8 Å². The van der Waals surface area contributed by atoms with Crippen molar-refractivity contribution in [2.24, 2.45) is 5.73 Å². The van der Waals surface area contributed by atoms with Crippen LogP contribution in [0.3, 0.4) is 0 Å². The van der Waals surface area contributed by atoms with E-state index >= 15 is 0 Å². The minimum absolute atomic E-state index is 0. The fourth-order valence-corrected chi connectivity index (χ4v) is 4.86. The fraction of sp³-hybridized carbons (Fsp3) is 0.300. The number of halogens is 3. The zero-order valence-electron chi connectivity index (χ0n) is 16.8. The number of nitrogens with one attached hydrogen (secondary N) is 1. The first-order valence-electron chi connectivity index (χ1n) is 9.18. The molecule has 0 saturated heterocycles. The first kappa shape index (κ1) is 25.1. The van der Waals surface area contributed by atoms with E-state index in [1.807, 2.05) is 0 Å². The van der Waals surface area contributed by atoms with Gasteiger partial charge >= 0.3 is 0 Å². The minimum atomic E-state index is -4.06. The molecule has 3 rings (SSSR count). The summed E-state index contributed by atoms with van der Waals surface area (Å²) in [5.41, 5.74) is 6.05. The summed E-state index contributed by atoms with van der Waals surface area (Å²) in [6.07, 6.45) is 0. The predicted molar refractivity (Wildman–Crippen MR) is 119 cm³/mol. The second-order valence-corrected chi connectivity index (χ2v) is 9.81. The van der Waals surface area contributed by atoms with Gasteiger partial charge in [0.1, 0.15) is 5.82 Å². The molecular formula is C20H22Cl2FN3O4S. The lowest BCUT2D eigenvalue weighted by Crippen LogP contribution is -2.45. The van der Waals surface area contributed by atoms with Crippen molar-refractivity contribution in [3.8, 4) is 0 Å². The molecule has 0 fully saturated rings. The highest BCUT2D eigenvalue weighted by molar-refractivity contribution is 7.91. The van der Waals surface area contributed by atoms with Gasteiger partial charge in [0.15, 0.2) is 9.84 Å². The molecule has 2 aromatic rings. The molecule has 0 unspecified atom stereocenters. The van der Waals surface area contributed by atoms with Crippen molar-refractivity contribution in [2.75, 3.05) is 10.7 Å². The lowest BCUT2D eigenvalue weighted by Gasteiger charge is -2.25. The molecule has 1 heterocycles. The summed E-state index contributed by atoms with van der Waals surface area (Å²) in [6.45, 7) is 3.39. The van der Waals surface area contributed by atoms with E-state index in [1.165, 1.54) is 4.90 Å². The number of rotatable bonds is 4. The molecular weight excluding hydrogens is 468 g/mol. The third-order valence-corrected chi connectivity index (χ3v) is 6.62. The van der Waals surface area contributed by atoms with Crippen LogP contribution < -0.4 is 16.0 Å². The highest BCUT2D eigenvalue weighted by atomic mass is 35.5. The molecule has 2 aromatic carbocycles. The number of nitrogens with zero attached hydrogens (tertiary/aromatic N) is 1. The summed E-state index contributed by atoms with van der Waals surface area (Å²) in [6, 6.07) is 6.88. The van der Waals surface area contributed by atoms with Crippen molar-refractivity contribution in [2.45, 2.75) is 37.4 Å². The summed E-state index contributed by atoms with van der Waals surface area (Å²) in [7, 11) is -4.06. The fourth-order valence-electron chi connectivity index (χ4n) is 3.17. The van der Waals surface area contributed by atoms with Crippen LogP contribution in [0.5, 0.6) is 0 Å². The van der Waals surface area contributed by atoms with E-state index in [1.54, 1.807) is 38.1 Å². The third kappa shape index (κ3) is 5.35. The highest BCUT2D eigenvalue weighted by Gasteiger charge is 2.37. The van der Waals surface area contributed by atoms with E-state index in [0.717, 1.165) is 12.1 Å². The van der Waals surface area contributed by atoms with Crippen LogP contribution in [0.1, 0.15) is 29.8 Å². The van der Waals surface area contributed by atoms with Crippen molar-refractivity contribution < 1.29 is 22.4 Å². The molecule has 2 amide bonds. The monoisotopic (exact) mass is 489 g/mol. The SMILES string of the molecule is CC(C)NC(=O)c1cc2c(cc1F)S(=O)(=O)C[C@H](N)C(=O)N2Cc1ccc(Cl)cc1.Cl. The molecule has 0 saturated carbocycles. The van der Waals surface area contributed by atoms with Gasteiger partial charge in [-0.05, 0) is 43.7 Å². The lowest BCUT2D eigenvalue weighted by molar-refractivity contribution is -0.119. The number of hydrogen-bond donors (Lipinski definition) is 2. The molecule has 0 spiro atoms. The number of fused-ring (bicyclic) bond motifs is 1. The molecule has 3 N–H and O–H groups in total. The molecule has 0 bridgehead atoms. The Morgan fingerprint density at radius 2 is 1.90 bits per heavy atom. The Balaban J connectivity index is 0.00000341. The Hall–Kier alpha value is -2.20. The van der Waals surface area contributed by atoms with Gasteiger partial charge < -0.3 is 16.0 Å². The lowest BCUT2D eigenvalue weighted by atomic mass is 10.1. The molecule has 11 heteroatoms. The van der Waals surface area contributed by atoms with Crippen molar-refractivity contribution in [3.05, 3.63) is 58.4 Å². The summed E-state index contributed by atoms with van der Waals surface area (Å²) in [5.74, 6) is -3.01. The molecule has 7 nitrogen and oxygen atoms in total. The molecule has 0 aliphatic carbocycles. The molecule has 31 heavy (non-hydrogen) atoms. The van der Waals surface area contributed by atoms with E-state index in [9.17, 15) is 22.4 Å². The number of nitrogens with two attached hydrogens (primary N) is 1. The van der Waals surface area contributed by atoms with Crippen LogP contribution in [0.25, 0.3) is 0 Å². The van der Waals surface area contributed by atoms with Crippen molar-refractivity contribution in [3.63, 3.8) is 0 Å². The maximum absolute atomic E-state index is 14.7. The van der Waals surface area contributed by atoms with Gasteiger partial charge in [0, 0.05) is 11.1 Å². The number of hydrogen-bond acceptors (Lipinski definition) is 5. The van der Waals surface area contributed by atoms with Crippen LogP contribution in [0.4, 0.5) is 10.1 Å². The third-order valence-electron chi connectivity index (χ3n) is 4.58. The van der Waals surface area contributed by atoms with E-state index in [4.69, 9.17) is 17.3 Å². The average molecular weight is 490 g/mol. The zero-order chi connectivity index (χ0) is 22.2. The van der Waals surface area contributed by atoms with Gasteiger partial charge in [-0.2, -0.15) is 0 Å². The number of anilines is 1. The Bertz CT molecular complexity index is 1110. The van der Waals surface area contributed by atoms with Crippen LogP contribution in [0.15, 0.2) is 41.3 Å². The largest absolute Gasteiger partial charge is 0.350 e. The van der Waals surface area contributed by atoms with Crippen molar-refractivity contribution in [1.82, 2.24) is 5.32 Å². The smallest absolute Gasteiger partial charge is 0.254 e. The normalized spacial score (nSPS) is 17.5.